The molecular formula is C18H19N3O3. The highest BCUT2D eigenvalue weighted by Gasteiger charge is 2.30. The van der Waals surface area contributed by atoms with E-state index >= 15 is 0 Å². The van der Waals surface area contributed by atoms with E-state index < -0.39 is 6.03 Å². The second-order valence-electron chi connectivity index (χ2n) is 5.72. The lowest BCUT2D eigenvalue weighted by Crippen LogP contribution is -2.25. The summed E-state index contributed by atoms with van der Waals surface area (Å²) in [4.78, 5) is 24.7. The maximum absolute atomic E-state index is 12.0. The second-order valence-corrected chi connectivity index (χ2v) is 5.72. The molecule has 0 radical (unpaired) electrons. The van der Waals surface area contributed by atoms with Gasteiger partial charge in [0.15, 0.2) is 0 Å². The van der Waals surface area contributed by atoms with Crippen molar-refractivity contribution in [3.05, 3.63) is 53.0 Å². The maximum Gasteiger partial charge on any atom is 0.328 e. The lowest BCUT2D eigenvalue weighted by Gasteiger charge is -2.11. The zero-order valence-electron chi connectivity index (χ0n) is 14.1. The monoisotopic (exact) mass is 325 g/mol. The number of ether oxygens (including phenoxy) is 1. The smallest absolute Gasteiger partial charge is 0.328 e. The van der Waals surface area contributed by atoms with Crippen molar-refractivity contribution in [2.75, 3.05) is 14.2 Å². The molecular weight excluding hydrogens is 306 g/mol. The SMILES string of the molecule is COc1cccc(-n2c(C)cc(/C=C3\NC(=O)N(C)C3=O)c2C)c1. The molecule has 3 rings (SSSR count). The average Bonchev–Trinajstić information content (AvgIpc) is 2.98. The van der Waals surface area contributed by atoms with Crippen LogP contribution in [0.2, 0.25) is 0 Å². The van der Waals surface area contributed by atoms with E-state index in [1.165, 1.54) is 7.05 Å². The van der Waals surface area contributed by atoms with Crippen molar-refractivity contribution in [1.82, 2.24) is 14.8 Å². The molecule has 6 nitrogen and oxygen atoms in total. The van der Waals surface area contributed by atoms with E-state index in [-0.39, 0.29) is 11.6 Å². The third-order valence-electron chi connectivity index (χ3n) is 4.16. The summed E-state index contributed by atoms with van der Waals surface area (Å²) in [6, 6.07) is 9.35. The van der Waals surface area contributed by atoms with Crippen LogP contribution in [0.15, 0.2) is 36.0 Å². The molecule has 6 heteroatoms. The van der Waals surface area contributed by atoms with Crippen LogP contribution < -0.4 is 10.1 Å². The fourth-order valence-corrected chi connectivity index (χ4v) is 2.86. The summed E-state index contributed by atoms with van der Waals surface area (Å²) in [6.07, 6.45) is 1.71. The highest BCUT2D eigenvalue weighted by molar-refractivity contribution is 6.13. The predicted molar refractivity (Wildman–Crippen MR) is 91.1 cm³/mol. The summed E-state index contributed by atoms with van der Waals surface area (Å²) in [5.74, 6) is 0.450. The number of likely N-dealkylation sites (N-methyl/N-ethyl adjacent to an activating group) is 1. The van der Waals surface area contributed by atoms with Crippen molar-refractivity contribution in [3.8, 4) is 11.4 Å². The number of aryl methyl sites for hydroxylation is 1. The Labute approximate surface area is 140 Å². The van der Waals surface area contributed by atoms with Crippen molar-refractivity contribution in [1.29, 1.82) is 0 Å². The number of hydrogen-bond donors (Lipinski definition) is 1. The van der Waals surface area contributed by atoms with E-state index in [1.54, 1.807) is 13.2 Å². The van der Waals surface area contributed by atoms with Crippen LogP contribution in [0.25, 0.3) is 11.8 Å². The third kappa shape index (κ3) is 2.56. The van der Waals surface area contributed by atoms with Gasteiger partial charge in [0.25, 0.3) is 5.91 Å². The fourth-order valence-electron chi connectivity index (χ4n) is 2.86. The molecule has 1 aromatic heterocycles. The first-order valence-electron chi connectivity index (χ1n) is 7.56. The maximum atomic E-state index is 12.0. The normalized spacial score (nSPS) is 16.0. The molecule has 1 aliphatic rings. The molecule has 1 aromatic carbocycles. The Bertz CT molecular complexity index is 864. The van der Waals surface area contributed by atoms with E-state index in [9.17, 15) is 9.59 Å². The number of amides is 3. The van der Waals surface area contributed by atoms with E-state index in [4.69, 9.17) is 4.74 Å². The Morgan fingerprint density at radius 2 is 1.92 bits per heavy atom. The summed E-state index contributed by atoms with van der Waals surface area (Å²) in [6.45, 7) is 3.97. The molecule has 2 heterocycles. The Morgan fingerprint density at radius 3 is 2.54 bits per heavy atom. The van der Waals surface area contributed by atoms with Crippen LogP contribution in [0.4, 0.5) is 4.79 Å². The summed E-state index contributed by atoms with van der Waals surface area (Å²) >= 11 is 0. The van der Waals surface area contributed by atoms with Gasteiger partial charge in [-0.05, 0) is 43.7 Å². The highest BCUT2D eigenvalue weighted by atomic mass is 16.5. The number of imide groups is 1. The number of carbonyl (C=O) groups is 2. The number of rotatable bonds is 3. The Balaban J connectivity index is 2.04. The van der Waals surface area contributed by atoms with Gasteiger partial charge < -0.3 is 14.6 Å². The van der Waals surface area contributed by atoms with Gasteiger partial charge >= 0.3 is 6.03 Å². The van der Waals surface area contributed by atoms with Gasteiger partial charge in [0.2, 0.25) is 0 Å². The van der Waals surface area contributed by atoms with Gasteiger partial charge in [-0.2, -0.15) is 0 Å². The molecule has 0 spiro atoms. The zero-order chi connectivity index (χ0) is 17.4. The van der Waals surface area contributed by atoms with Crippen molar-refractivity contribution < 1.29 is 14.3 Å². The molecule has 0 aliphatic carbocycles. The standard InChI is InChI=1S/C18H19N3O3/c1-11-8-13(9-16-17(22)20(3)18(23)19-16)12(2)21(11)14-6-5-7-15(10-14)24-4/h5-10H,1-4H3,(H,19,23)/b16-9-. The third-order valence-corrected chi connectivity index (χ3v) is 4.16. The summed E-state index contributed by atoms with van der Waals surface area (Å²) in [5.41, 5.74) is 4.15. The van der Waals surface area contributed by atoms with Gasteiger partial charge in [0.05, 0.1) is 7.11 Å². The number of carbonyl (C=O) groups excluding carboxylic acids is 2. The quantitative estimate of drug-likeness (QED) is 0.697. The van der Waals surface area contributed by atoms with Crippen molar-refractivity contribution in [3.63, 3.8) is 0 Å². The lowest BCUT2D eigenvalue weighted by molar-refractivity contribution is -0.121. The van der Waals surface area contributed by atoms with E-state index in [1.807, 2.05) is 44.2 Å². The minimum absolute atomic E-state index is 0.286. The Kier molecular flexibility index (Phi) is 3.89. The van der Waals surface area contributed by atoms with E-state index in [2.05, 4.69) is 9.88 Å². The fraction of sp³-hybridized carbons (Fsp3) is 0.222. The molecule has 24 heavy (non-hydrogen) atoms. The molecule has 0 saturated carbocycles. The van der Waals surface area contributed by atoms with Crippen LogP contribution in [0.1, 0.15) is 17.0 Å². The van der Waals surface area contributed by atoms with Gasteiger partial charge in [-0.25, -0.2) is 4.79 Å². The van der Waals surface area contributed by atoms with Crippen LogP contribution in [0, 0.1) is 13.8 Å². The number of benzene rings is 1. The minimum Gasteiger partial charge on any atom is -0.497 e. The number of methoxy groups -OCH3 is 1. The summed E-state index contributed by atoms with van der Waals surface area (Å²) in [7, 11) is 3.09. The van der Waals surface area contributed by atoms with Crippen LogP contribution in [0.5, 0.6) is 5.75 Å². The molecule has 1 aliphatic heterocycles. The van der Waals surface area contributed by atoms with Gasteiger partial charge in [-0.15, -0.1) is 0 Å². The first-order valence-corrected chi connectivity index (χ1v) is 7.56. The molecule has 2 aromatic rings. The first-order chi connectivity index (χ1) is 11.4. The van der Waals surface area contributed by atoms with Gasteiger partial charge in [0, 0.05) is 30.2 Å². The molecule has 0 bridgehead atoms. The molecule has 1 saturated heterocycles. The number of hydrogen-bond acceptors (Lipinski definition) is 3. The van der Waals surface area contributed by atoms with Crippen LogP contribution >= 0.6 is 0 Å². The summed E-state index contributed by atoms with van der Waals surface area (Å²) in [5, 5.41) is 2.59. The topological polar surface area (TPSA) is 63.6 Å². The van der Waals surface area contributed by atoms with Crippen LogP contribution in [0.3, 0.4) is 0 Å². The molecule has 0 unspecified atom stereocenters. The Hall–Kier alpha value is -3.02. The largest absolute Gasteiger partial charge is 0.497 e. The second kappa shape index (κ2) is 5.88. The van der Waals surface area contributed by atoms with Crippen LogP contribution in [-0.2, 0) is 4.79 Å². The molecule has 3 amide bonds. The minimum atomic E-state index is -0.409. The van der Waals surface area contributed by atoms with Gasteiger partial charge in [0.1, 0.15) is 11.4 Å². The Morgan fingerprint density at radius 1 is 1.17 bits per heavy atom. The lowest BCUT2D eigenvalue weighted by atomic mass is 10.2. The number of aromatic nitrogens is 1. The van der Waals surface area contributed by atoms with Crippen molar-refractivity contribution in [2.45, 2.75) is 13.8 Å². The van der Waals surface area contributed by atoms with Crippen molar-refractivity contribution in [2.24, 2.45) is 0 Å². The highest BCUT2D eigenvalue weighted by Crippen LogP contribution is 2.25. The summed E-state index contributed by atoms with van der Waals surface area (Å²) < 4.78 is 7.37. The number of nitrogens with zero attached hydrogens (tertiary/aromatic N) is 2. The van der Waals surface area contributed by atoms with E-state index in [0.717, 1.165) is 33.3 Å². The first kappa shape index (κ1) is 15.9. The number of urea groups is 1. The predicted octanol–water partition coefficient (Wildman–Crippen LogP) is 2.63. The average molecular weight is 325 g/mol. The molecule has 0 atom stereocenters. The zero-order valence-corrected chi connectivity index (χ0v) is 14.1. The number of nitrogens with one attached hydrogen (secondary N) is 1. The van der Waals surface area contributed by atoms with Gasteiger partial charge in [-0.1, -0.05) is 6.07 Å². The van der Waals surface area contributed by atoms with E-state index in [0.29, 0.717) is 0 Å². The van der Waals surface area contributed by atoms with Crippen LogP contribution in [-0.4, -0.2) is 35.6 Å². The van der Waals surface area contributed by atoms with Crippen molar-refractivity contribution >= 4 is 18.0 Å². The molecule has 124 valence electrons. The molecule has 1 fully saturated rings. The molecule has 1 N–H and O–H groups in total. The van der Waals surface area contributed by atoms with Gasteiger partial charge in [-0.3, -0.25) is 9.69 Å².